The fourth-order valence-electron chi connectivity index (χ4n) is 1.54. The maximum atomic E-state index is 5.44. The number of nitrogens with one attached hydrogen (secondary N) is 2. The summed E-state index contributed by atoms with van der Waals surface area (Å²) in [7, 11) is 0. The van der Waals surface area contributed by atoms with E-state index < -0.39 is 0 Å². The van der Waals surface area contributed by atoms with Gasteiger partial charge in [-0.05, 0) is 24.6 Å². The predicted octanol–water partition coefficient (Wildman–Crippen LogP) is 2.66. The van der Waals surface area contributed by atoms with E-state index in [1.54, 1.807) is 0 Å². The summed E-state index contributed by atoms with van der Waals surface area (Å²) in [6, 6.07) is 7.92. The second-order valence-corrected chi connectivity index (χ2v) is 4.95. The first kappa shape index (κ1) is 13.8. The lowest BCUT2D eigenvalue weighted by Crippen LogP contribution is -2.14. The third-order valence-electron chi connectivity index (χ3n) is 2.56. The quantitative estimate of drug-likeness (QED) is 0.789. The van der Waals surface area contributed by atoms with Gasteiger partial charge in [-0.3, -0.25) is 0 Å². The number of aryl methyl sites for hydroxylation is 1. The molecule has 0 saturated carbocycles. The van der Waals surface area contributed by atoms with Crippen LogP contribution in [0.1, 0.15) is 5.56 Å². The average Bonchev–Trinajstić information content (AvgIpc) is 2.41. The second-order valence-electron chi connectivity index (χ2n) is 4.09. The Kier molecular flexibility index (Phi) is 4.70. The van der Waals surface area contributed by atoms with Gasteiger partial charge in [0, 0.05) is 29.3 Å². The molecule has 6 heteroatoms. The topological polar surface area (TPSA) is 75.9 Å². The molecule has 1 aromatic heterocycles. The molecule has 2 aromatic rings. The Hall–Kier alpha value is -1.66. The van der Waals surface area contributed by atoms with Crippen LogP contribution in [0.5, 0.6) is 0 Å². The highest BCUT2D eigenvalue weighted by molar-refractivity contribution is 9.10. The number of nitrogens with zero attached hydrogens (tertiary/aromatic N) is 2. The van der Waals surface area contributed by atoms with Crippen LogP contribution in [0.2, 0.25) is 0 Å². The van der Waals surface area contributed by atoms with Crippen LogP contribution < -0.4 is 16.4 Å². The number of halogens is 1. The lowest BCUT2D eigenvalue weighted by atomic mass is 10.2. The van der Waals surface area contributed by atoms with E-state index in [-0.39, 0.29) is 0 Å². The third-order valence-corrected chi connectivity index (χ3v) is 3.42. The number of aromatic nitrogens is 2. The lowest BCUT2D eigenvalue weighted by molar-refractivity contribution is 1.00. The zero-order chi connectivity index (χ0) is 13.7. The van der Waals surface area contributed by atoms with E-state index in [9.17, 15) is 0 Å². The molecule has 0 radical (unpaired) electrons. The Balaban J connectivity index is 2.11. The van der Waals surface area contributed by atoms with Crippen molar-refractivity contribution in [2.75, 3.05) is 23.7 Å². The van der Waals surface area contributed by atoms with Gasteiger partial charge in [-0.2, -0.15) is 0 Å². The Bertz CT molecular complexity index is 558. The monoisotopic (exact) mass is 321 g/mol. The van der Waals surface area contributed by atoms with Crippen LogP contribution >= 0.6 is 15.9 Å². The minimum Gasteiger partial charge on any atom is -0.369 e. The van der Waals surface area contributed by atoms with Crippen molar-refractivity contribution in [3.63, 3.8) is 0 Å². The average molecular weight is 322 g/mol. The van der Waals surface area contributed by atoms with Crippen LogP contribution in [0.4, 0.5) is 17.3 Å². The van der Waals surface area contributed by atoms with Crippen molar-refractivity contribution in [2.45, 2.75) is 6.92 Å². The van der Waals surface area contributed by atoms with E-state index in [0.29, 0.717) is 13.1 Å². The van der Waals surface area contributed by atoms with E-state index in [1.807, 2.05) is 31.2 Å². The van der Waals surface area contributed by atoms with E-state index in [1.165, 1.54) is 11.9 Å². The zero-order valence-corrected chi connectivity index (χ0v) is 12.2. The zero-order valence-electron chi connectivity index (χ0n) is 10.7. The van der Waals surface area contributed by atoms with Gasteiger partial charge in [0.05, 0.1) is 0 Å². The normalized spacial score (nSPS) is 10.3. The van der Waals surface area contributed by atoms with Crippen molar-refractivity contribution in [2.24, 2.45) is 5.73 Å². The third kappa shape index (κ3) is 3.90. The molecule has 100 valence electrons. The molecule has 19 heavy (non-hydrogen) atoms. The Morgan fingerprint density at radius 1 is 1.21 bits per heavy atom. The molecule has 0 amide bonds. The van der Waals surface area contributed by atoms with Gasteiger partial charge in [0.1, 0.15) is 18.0 Å². The number of nitrogens with two attached hydrogens (primary N) is 1. The van der Waals surface area contributed by atoms with Gasteiger partial charge in [0.15, 0.2) is 0 Å². The first-order valence-corrected chi connectivity index (χ1v) is 6.77. The number of anilines is 3. The highest BCUT2D eigenvalue weighted by atomic mass is 79.9. The molecule has 1 heterocycles. The van der Waals surface area contributed by atoms with Crippen molar-refractivity contribution in [3.8, 4) is 0 Å². The molecule has 4 N–H and O–H groups in total. The highest BCUT2D eigenvalue weighted by Crippen LogP contribution is 2.23. The molecule has 0 spiro atoms. The minimum absolute atomic E-state index is 0.567. The summed E-state index contributed by atoms with van der Waals surface area (Å²) < 4.78 is 1.06. The van der Waals surface area contributed by atoms with Gasteiger partial charge in [-0.25, -0.2) is 9.97 Å². The molecule has 5 nitrogen and oxygen atoms in total. The van der Waals surface area contributed by atoms with Crippen LogP contribution in [0, 0.1) is 6.92 Å². The van der Waals surface area contributed by atoms with Crippen molar-refractivity contribution in [1.29, 1.82) is 0 Å². The summed E-state index contributed by atoms with van der Waals surface area (Å²) in [5, 5.41) is 6.35. The van der Waals surface area contributed by atoms with Gasteiger partial charge < -0.3 is 16.4 Å². The summed E-state index contributed by atoms with van der Waals surface area (Å²) in [6.07, 6.45) is 1.52. The van der Waals surface area contributed by atoms with E-state index in [0.717, 1.165) is 21.8 Å². The number of rotatable bonds is 5. The van der Waals surface area contributed by atoms with E-state index in [4.69, 9.17) is 5.73 Å². The standard InChI is InChI=1S/C13H16BrN5/c1-9-2-3-10(6-11(9)14)19-13-7-12(16-5-4-15)17-8-18-13/h2-3,6-8H,4-5,15H2,1H3,(H2,16,17,18,19). The summed E-state index contributed by atoms with van der Waals surface area (Å²) >= 11 is 3.51. The minimum atomic E-state index is 0.567. The van der Waals surface area contributed by atoms with Gasteiger partial charge in [0.25, 0.3) is 0 Å². The van der Waals surface area contributed by atoms with Gasteiger partial charge in [-0.15, -0.1) is 0 Å². The first-order valence-electron chi connectivity index (χ1n) is 5.98. The number of benzene rings is 1. The van der Waals surface area contributed by atoms with Crippen molar-refractivity contribution >= 4 is 33.3 Å². The van der Waals surface area contributed by atoms with Crippen LogP contribution in [0.25, 0.3) is 0 Å². The number of hydrogen-bond acceptors (Lipinski definition) is 5. The largest absolute Gasteiger partial charge is 0.369 e. The van der Waals surface area contributed by atoms with Crippen LogP contribution in [-0.4, -0.2) is 23.1 Å². The Morgan fingerprint density at radius 2 is 2.00 bits per heavy atom. The molecule has 0 saturated heterocycles. The van der Waals surface area contributed by atoms with Gasteiger partial charge in [0.2, 0.25) is 0 Å². The predicted molar refractivity (Wildman–Crippen MR) is 81.7 cm³/mol. The summed E-state index contributed by atoms with van der Waals surface area (Å²) in [5.41, 5.74) is 7.61. The Morgan fingerprint density at radius 3 is 2.74 bits per heavy atom. The highest BCUT2D eigenvalue weighted by Gasteiger charge is 2.01. The molecule has 0 aliphatic carbocycles. The summed E-state index contributed by atoms with van der Waals surface area (Å²) in [5.74, 6) is 1.50. The summed E-state index contributed by atoms with van der Waals surface area (Å²) in [6.45, 7) is 3.30. The van der Waals surface area contributed by atoms with E-state index >= 15 is 0 Å². The van der Waals surface area contributed by atoms with Crippen LogP contribution in [-0.2, 0) is 0 Å². The molecular weight excluding hydrogens is 306 g/mol. The molecule has 2 rings (SSSR count). The van der Waals surface area contributed by atoms with Crippen LogP contribution in [0.3, 0.4) is 0 Å². The molecule has 1 aromatic carbocycles. The van der Waals surface area contributed by atoms with Crippen LogP contribution in [0.15, 0.2) is 35.1 Å². The molecule has 0 atom stereocenters. The summed E-state index contributed by atoms with van der Waals surface area (Å²) in [4.78, 5) is 8.31. The SMILES string of the molecule is Cc1ccc(Nc2cc(NCCN)ncn2)cc1Br. The fraction of sp³-hybridized carbons (Fsp3) is 0.231. The van der Waals surface area contributed by atoms with Gasteiger partial charge >= 0.3 is 0 Å². The lowest BCUT2D eigenvalue weighted by Gasteiger charge is -2.09. The smallest absolute Gasteiger partial charge is 0.135 e. The number of hydrogen-bond donors (Lipinski definition) is 3. The fourth-order valence-corrected chi connectivity index (χ4v) is 1.92. The molecule has 0 aliphatic heterocycles. The van der Waals surface area contributed by atoms with Crippen molar-refractivity contribution < 1.29 is 0 Å². The molecule has 0 unspecified atom stereocenters. The molecule has 0 aliphatic rings. The Labute approximate surface area is 120 Å². The van der Waals surface area contributed by atoms with E-state index in [2.05, 4.69) is 36.5 Å². The van der Waals surface area contributed by atoms with Gasteiger partial charge in [-0.1, -0.05) is 22.0 Å². The molecular formula is C13H16BrN5. The van der Waals surface area contributed by atoms with Crippen molar-refractivity contribution in [1.82, 2.24) is 9.97 Å². The molecule has 0 bridgehead atoms. The maximum absolute atomic E-state index is 5.44. The maximum Gasteiger partial charge on any atom is 0.135 e. The first-order chi connectivity index (χ1) is 9.19. The second kappa shape index (κ2) is 6.49. The van der Waals surface area contributed by atoms with Crippen molar-refractivity contribution in [3.05, 3.63) is 40.6 Å². The molecule has 0 fully saturated rings.